The highest BCUT2D eigenvalue weighted by Crippen LogP contribution is 2.20. The number of carbonyl (C=O) groups is 1. The van der Waals surface area contributed by atoms with E-state index >= 15 is 0 Å². The highest BCUT2D eigenvalue weighted by Gasteiger charge is 2.28. The molecule has 106 valence electrons. The summed E-state index contributed by atoms with van der Waals surface area (Å²) >= 11 is 0. The maximum atomic E-state index is 12.5. The van der Waals surface area contributed by atoms with E-state index in [1.54, 1.807) is 0 Å². The molecule has 1 saturated heterocycles. The molecule has 0 bridgehead atoms. The predicted octanol–water partition coefficient (Wildman–Crippen LogP) is 0.857. The third-order valence-electron chi connectivity index (χ3n) is 4.06. The molecule has 0 radical (unpaired) electrons. The Kier molecular flexibility index (Phi) is 4.09. The summed E-state index contributed by atoms with van der Waals surface area (Å²) in [6, 6.07) is 0.295. The summed E-state index contributed by atoms with van der Waals surface area (Å²) < 4.78 is 0. The van der Waals surface area contributed by atoms with Gasteiger partial charge in [-0.2, -0.15) is 5.10 Å². The number of anilines is 1. The summed E-state index contributed by atoms with van der Waals surface area (Å²) in [7, 11) is 1.86. The minimum atomic E-state index is -0.0290. The van der Waals surface area contributed by atoms with Gasteiger partial charge in [0, 0.05) is 31.9 Å². The lowest BCUT2D eigenvalue weighted by Crippen LogP contribution is -2.45. The number of nitrogens with one attached hydrogen (secondary N) is 1. The number of aryl methyl sites for hydroxylation is 1. The van der Waals surface area contributed by atoms with Gasteiger partial charge in [0.2, 0.25) is 0 Å². The average Bonchev–Trinajstić information content (AvgIpc) is 2.77. The Hall–Kier alpha value is -1.56. The fourth-order valence-electron chi connectivity index (χ4n) is 2.68. The molecule has 1 aromatic heterocycles. The van der Waals surface area contributed by atoms with Gasteiger partial charge in [-0.25, -0.2) is 0 Å². The number of hydrogen-bond donors (Lipinski definition) is 2. The van der Waals surface area contributed by atoms with E-state index in [-0.39, 0.29) is 5.91 Å². The van der Waals surface area contributed by atoms with Crippen molar-refractivity contribution >= 4 is 11.7 Å². The van der Waals surface area contributed by atoms with Crippen LogP contribution in [0.3, 0.4) is 0 Å². The van der Waals surface area contributed by atoms with Crippen LogP contribution in [0, 0.1) is 6.92 Å². The van der Waals surface area contributed by atoms with Crippen LogP contribution in [0.15, 0.2) is 0 Å². The Morgan fingerprint density at radius 2 is 2.16 bits per heavy atom. The summed E-state index contributed by atoms with van der Waals surface area (Å²) in [4.78, 5) is 16.7. The maximum Gasteiger partial charge on any atom is 0.259 e. The van der Waals surface area contributed by atoms with Crippen molar-refractivity contribution in [3.63, 3.8) is 0 Å². The van der Waals surface area contributed by atoms with Gasteiger partial charge >= 0.3 is 0 Å². The predicted molar refractivity (Wildman–Crippen MR) is 75.0 cm³/mol. The molecule has 1 fully saturated rings. The lowest BCUT2D eigenvalue weighted by atomic mass is 10.0. The number of hydrogen-bond acceptors (Lipinski definition) is 4. The van der Waals surface area contributed by atoms with E-state index in [1.165, 1.54) is 0 Å². The number of nitrogen functional groups attached to an aromatic ring is 1. The highest BCUT2D eigenvalue weighted by atomic mass is 16.2. The van der Waals surface area contributed by atoms with Crippen molar-refractivity contribution in [1.29, 1.82) is 0 Å². The van der Waals surface area contributed by atoms with E-state index in [4.69, 9.17) is 5.73 Å². The quantitative estimate of drug-likeness (QED) is 0.849. The number of carbonyl (C=O) groups excluding carboxylic acids is 1. The Morgan fingerprint density at radius 1 is 1.53 bits per heavy atom. The molecule has 1 aliphatic heterocycles. The molecule has 3 N–H and O–H groups in total. The van der Waals surface area contributed by atoms with Crippen molar-refractivity contribution in [2.75, 3.05) is 32.4 Å². The molecule has 0 unspecified atom stereocenters. The van der Waals surface area contributed by atoms with Crippen molar-refractivity contribution < 1.29 is 4.79 Å². The van der Waals surface area contributed by atoms with Gasteiger partial charge in [0.25, 0.3) is 5.91 Å². The SMILES string of the molecule is CCN1CCC(N(C)C(=O)c2c(N)n[nH]c2C)CC1. The molecule has 0 aromatic carbocycles. The van der Waals surface area contributed by atoms with Gasteiger partial charge in [-0.1, -0.05) is 6.92 Å². The Labute approximate surface area is 113 Å². The first-order chi connectivity index (χ1) is 9.04. The van der Waals surface area contributed by atoms with Crippen molar-refractivity contribution in [3.8, 4) is 0 Å². The van der Waals surface area contributed by atoms with Gasteiger partial charge in [-0.15, -0.1) is 0 Å². The van der Waals surface area contributed by atoms with Crippen LogP contribution in [0.5, 0.6) is 0 Å². The lowest BCUT2D eigenvalue weighted by Gasteiger charge is -2.36. The fourth-order valence-corrected chi connectivity index (χ4v) is 2.68. The van der Waals surface area contributed by atoms with Crippen LogP contribution in [-0.2, 0) is 0 Å². The summed E-state index contributed by atoms with van der Waals surface area (Å²) in [6.45, 7) is 7.18. The maximum absolute atomic E-state index is 12.5. The van der Waals surface area contributed by atoms with Crippen LogP contribution in [0.25, 0.3) is 0 Å². The van der Waals surface area contributed by atoms with Gasteiger partial charge in [-0.3, -0.25) is 9.89 Å². The molecule has 0 saturated carbocycles. The van der Waals surface area contributed by atoms with Gasteiger partial charge in [0.15, 0.2) is 5.82 Å². The first kappa shape index (κ1) is 13.9. The summed E-state index contributed by atoms with van der Waals surface area (Å²) in [5.41, 5.74) is 7.01. The number of likely N-dealkylation sites (tertiary alicyclic amines) is 1. The summed E-state index contributed by atoms with van der Waals surface area (Å²) in [5, 5.41) is 6.65. The minimum absolute atomic E-state index is 0.0290. The van der Waals surface area contributed by atoms with Crippen LogP contribution >= 0.6 is 0 Å². The molecule has 2 rings (SSSR count). The average molecular weight is 265 g/mol. The number of piperidine rings is 1. The smallest absolute Gasteiger partial charge is 0.259 e. The number of nitrogens with zero attached hydrogens (tertiary/aromatic N) is 3. The second-order valence-corrected chi connectivity index (χ2v) is 5.19. The highest BCUT2D eigenvalue weighted by molar-refractivity contribution is 5.99. The molecule has 0 atom stereocenters. The number of amides is 1. The summed E-state index contributed by atoms with van der Waals surface area (Å²) in [6.07, 6.45) is 2.04. The molecule has 1 amide bonds. The van der Waals surface area contributed by atoms with Gasteiger partial charge in [0.05, 0.1) is 0 Å². The topological polar surface area (TPSA) is 78.2 Å². The first-order valence-electron chi connectivity index (χ1n) is 6.84. The van der Waals surface area contributed by atoms with Crippen LogP contribution in [0.4, 0.5) is 5.82 Å². The Balaban J connectivity index is 2.04. The first-order valence-corrected chi connectivity index (χ1v) is 6.84. The van der Waals surface area contributed by atoms with E-state index in [9.17, 15) is 4.79 Å². The van der Waals surface area contributed by atoms with Crippen molar-refractivity contribution in [2.45, 2.75) is 32.7 Å². The van der Waals surface area contributed by atoms with E-state index in [0.29, 0.717) is 17.4 Å². The van der Waals surface area contributed by atoms with Gasteiger partial charge in [0.1, 0.15) is 5.56 Å². The zero-order valence-corrected chi connectivity index (χ0v) is 11.9. The van der Waals surface area contributed by atoms with Gasteiger partial charge in [-0.05, 0) is 26.3 Å². The molecular weight excluding hydrogens is 242 g/mol. The number of aromatic nitrogens is 2. The third kappa shape index (κ3) is 2.73. The van der Waals surface area contributed by atoms with Crippen LogP contribution in [0.2, 0.25) is 0 Å². The monoisotopic (exact) mass is 265 g/mol. The van der Waals surface area contributed by atoms with E-state index in [2.05, 4.69) is 22.0 Å². The van der Waals surface area contributed by atoms with Crippen LogP contribution < -0.4 is 5.73 Å². The molecule has 0 spiro atoms. The largest absolute Gasteiger partial charge is 0.382 e. The molecule has 6 nitrogen and oxygen atoms in total. The molecule has 19 heavy (non-hydrogen) atoms. The van der Waals surface area contributed by atoms with Crippen LogP contribution in [-0.4, -0.2) is 58.6 Å². The van der Waals surface area contributed by atoms with Crippen molar-refractivity contribution in [1.82, 2.24) is 20.0 Å². The molecule has 6 heteroatoms. The van der Waals surface area contributed by atoms with E-state index < -0.39 is 0 Å². The fraction of sp³-hybridized carbons (Fsp3) is 0.692. The van der Waals surface area contributed by atoms with Crippen molar-refractivity contribution in [3.05, 3.63) is 11.3 Å². The lowest BCUT2D eigenvalue weighted by molar-refractivity contribution is 0.0647. The molecule has 0 aliphatic carbocycles. The minimum Gasteiger partial charge on any atom is -0.382 e. The number of rotatable bonds is 3. The third-order valence-corrected chi connectivity index (χ3v) is 4.06. The Bertz CT molecular complexity index is 428. The zero-order chi connectivity index (χ0) is 14.0. The number of aromatic amines is 1. The Morgan fingerprint density at radius 3 is 2.63 bits per heavy atom. The van der Waals surface area contributed by atoms with Gasteiger partial charge < -0.3 is 15.5 Å². The van der Waals surface area contributed by atoms with Crippen molar-refractivity contribution in [2.24, 2.45) is 0 Å². The molecule has 2 heterocycles. The second-order valence-electron chi connectivity index (χ2n) is 5.19. The standard InChI is InChI=1S/C13H23N5O/c1-4-18-7-5-10(6-8-18)17(3)13(19)11-9(2)15-16-12(11)14/h10H,4-8H2,1-3H3,(H3,14,15,16). The zero-order valence-electron chi connectivity index (χ0n) is 11.9. The molecule has 1 aromatic rings. The molecular formula is C13H23N5O. The van der Waals surface area contributed by atoms with Crippen LogP contribution in [0.1, 0.15) is 35.8 Å². The summed E-state index contributed by atoms with van der Waals surface area (Å²) in [5.74, 6) is 0.263. The van der Waals surface area contributed by atoms with E-state index in [0.717, 1.165) is 38.2 Å². The number of H-pyrrole nitrogens is 1. The van der Waals surface area contributed by atoms with E-state index in [1.807, 2.05) is 18.9 Å². The molecule has 1 aliphatic rings. The second kappa shape index (κ2) is 5.61. The number of nitrogens with two attached hydrogens (primary N) is 1. The normalized spacial score (nSPS) is 17.6.